The highest BCUT2D eigenvalue weighted by atomic mass is 16.2. The molecule has 0 bridgehead atoms. The van der Waals surface area contributed by atoms with E-state index in [9.17, 15) is 9.59 Å². The molecule has 3 aromatic rings. The number of aryl methyl sites for hydroxylation is 2. The minimum atomic E-state index is -0.237. The second-order valence-corrected chi connectivity index (χ2v) is 7.88. The average molecular weight is 379 g/mol. The molecule has 1 aromatic carbocycles. The van der Waals surface area contributed by atoms with Crippen molar-refractivity contribution in [2.45, 2.75) is 40.2 Å². The van der Waals surface area contributed by atoms with Gasteiger partial charge in [0.05, 0.1) is 11.9 Å². The monoisotopic (exact) mass is 379 g/mol. The molecule has 7 nitrogen and oxygen atoms in total. The maximum absolute atomic E-state index is 12.9. The Kier molecular flexibility index (Phi) is 4.75. The standard InChI is InChI=1S/C21H25N5O2/c1-14-4-6-24(7-5-14)19(27)12-25-13-22-20-18(21(25)28)11-23-26(20)17-9-15(2)8-16(3)10-17/h8-11,13-14H,4-7,12H2,1-3H3. The van der Waals surface area contributed by atoms with Gasteiger partial charge in [-0.05, 0) is 55.9 Å². The lowest BCUT2D eigenvalue weighted by molar-refractivity contribution is -0.133. The van der Waals surface area contributed by atoms with E-state index in [1.807, 2.05) is 30.9 Å². The van der Waals surface area contributed by atoms with Gasteiger partial charge in [0, 0.05) is 13.1 Å². The molecule has 28 heavy (non-hydrogen) atoms. The fourth-order valence-electron chi connectivity index (χ4n) is 3.83. The fraction of sp³-hybridized carbons (Fsp3) is 0.429. The van der Waals surface area contributed by atoms with Gasteiger partial charge in [0.2, 0.25) is 5.91 Å². The Balaban J connectivity index is 1.63. The highest BCUT2D eigenvalue weighted by Gasteiger charge is 2.21. The Morgan fingerprint density at radius 2 is 1.82 bits per heavy atom. The van der Waals surface area contributed by atoms with Crippen molar-refractivity contribution in [1.82, 2.24) is 24.2 Å². The number of nitrogens with zero attached hydrogens (tertiary/aromatic N) is 5. The van der Waals surface area contributed by atoms with E-state index < -0.39 is 0 Å². The maximum Gasteiger partial charge on any atom is 0.264 e. The second-order valence-electron chi connectivity index (χ2n) is 7.88. The molecule has 2 aromatic heterocycles. The van der Waals surface area contributed by atoms with Crippen LogP contribution in [0.15, 0.2) is 35.5 Å². The van der Waals surface area contributed by atoms with Crippen LogP contribution in [0.5, 0.6) is 0 Å². The summed E-state index contributed by atoms with van der Waals surface area (Å²) >= 11 is 0. The number of likely N-dealkylation sites (tertiary alicyclic amines) is 1. The number of benzene rings is 1. The number of fused-ring (bicyclic) bond motifs is 1. The highest BCUT2D eigenvalue weighted by Crippen LogP contribution is 2.18. The van der Waals surface area contributed by atoms with Crippen LogP contribution in [0.25, 0.3) is 16.7 Å². The van der Waals surface area contributed by atoms with Gasteiger partial charge in [-0.2, -0.15) is 5.10 Å². The first-order valence-electron chi connectivity index (χ1n) is 9.72. The topological polar surface area (TPSA) is 73.0 Å². The Bertz CT molecular complexity index is 1070. The largest absolute Gasteiger partial charge is 0.341 e. The summed E-state index contributed by atoms with van der Waals surface area (Å²) in [6, 6.07) is 6.10. The van der Waals surface area contributed by atoms with E-state index in [2.05, 4.69) is 23.1 Å². The lowest BCUT2D eigenvalue weighted by Gasteiger charge is -2.30. The van der Waals surface area contributed by atoms with Gasteiger partial charge in [-0.3, -0.25) is 14.2 Å². The van der Waals surface area contributed by atoms with Gasteiger partial charge in [0.1, 0.15) is 18.3 Å². The first-order chi connectivity index (χ1) is 13.4. The summed E-state index contributed by atoms with van der Waals surface area (Å²) in [4.78, 5) is 31.7. The van der Waals surface area contributed by atoms with Crippen LogP contribution in [0.3, 0.4) is 0 Å². The number of hydrogen-bond acceptors (Lipinski definition) is 4. The maximum atomic E-state index is 12.9. The molecule has 1 fully saturated rings. The van der Waals surface area contributed by atoms with Crippen molar-refractivity contribution < 1.29 is 4.79 Å². The summed E-state index contributed by atoms with van der Waals surface area (Å²) in [5.74, 6) is 0.623. The molecule has 1 saturated heterocycles. The predicted molar refractivity (Wildman–Crippen MR) is 108 cm³/mol. The van der Waals surface area contributed by atoms with Crippen LogP contribution in [0.1, 0.15) is 30.9 Å². The third kappa shape index (κ3) is 3.44. The molecule has 146 valence electrons. The molecule has 0 aliphatic carbocycles. The van der Waals surface area contributed by atoms with Crippen molar-refractivity contribution in [2.24, 2.45) is 5.92 Å². The van der Waals surface area contributed by atoms with Crippen LogP contribution >= 0.6 is 0 Å². The Morgan fingerprint density at radius 1 is 1.14 bits per heavy atom. The third-order valence-electron chi connectivity index (χ3n) is 5.45. The SMILES string of the molecule is Cc1cc(C)cc(-n2ncc3c(=O)n(CC(=O)N4CCC(C)CC4)cnc32)c1. The van der Waals surface area contributed by atoms with Crippen LogP contribution in [0.4, 0.5) is 0 Å². The van der Waals surface area contributed by atoms with Crippen LogP contribution in [0.2, 0.25) is 0 Å². The van der Waals surface area contributed by atoms with Crippen molar-refractivity contribution >= 4 is 16.9 Å². The van der Waals surface area contributed by atoms with Crippen LogP contribution < -0.4 is 5.56 Å². The van der Waals surface area contributed by atoms with E-state index in [0.29, 0.717) is 17.0 Å². The number of rotatable bonds is 3. The molecule has 0 saturated carbocycles. The Hall–Kier alpha value is -2.96. The number of amides is 1. The summed E-state index contributed by atoms with van der Waals surface area (Å²) in [7, 11) is 0. The fourth-order valence-corrected chi connectivity index (χ4v) is 3.83. The highest BCUT2D eigenvalue weighted by molar-refractivity contribution is 5.78. The zero-order valence-corrected chi connectivity index (χ0v) is 16.6. The van der Waals surface area contributed by atoms with Gasteiger partial charge in [-0.25, -0.2) is 9.67 Å². The number of hydrogen-bond donors (Lipinski definition) is 0. The van der Waals surface area contributed by atoms with Gasteiger partial charge in [0.25, 0.3) is 5.56 Å². The molecular weight excluding hydrogens is 354 g/mol. The zero-order chi connectivity index (χ0) is 19.8. The molecular formula is C21H25N5O2. The normalized spacial score (nSPS) is 15.3. The van der Waals surface area contributed by atoms with Crippen LogP contribution in [-0.4, -0.2) is 43.2 Å². The van der Waals surface area contributed by atoms with E-state index in [-0.39, 0.29) is 18.0 Å². The van der Waals surface area contributed by atoms with Crippen molar-refractivity contribution in [2.75, 3.05) is 13.1 Å². The summed E-state index contributed by atoms with van der Waals surface area (Å²) < 4.78 is 3.06. The second kappa shape index (κ2) is 7.22. The summed E-state index contributed by atoms with van der Waals surface area (Å²) in [5.41, 5.74) is 3.38. The van der Waals surface area contributed by atoms with Crippen molar-refractivity contribution in [3.05, 3.63) is 52.2 Å². The third-order valence-corrected chi connectivity index (χ3v) is 5.45. The number of carbonyl (C=O) groups is 1. The van der Waals surface area contributed by atoms with Crippen molar-refractivity contribution in [3.8, 4) is 5.69 Å². The van der Waals surface area contributed by atoms with E-state index in [1.54, 1.807) is 4.68 Å². The molecule has 0 N–H and O–H groups in total. The molecule has 0 unspecified atom stereocenters. The quantitative estimate of drug-likeness (QED) is 0.701. The number of carbonyl (C=O) groups excluding carboxylic acids is 1. The molecule has 0 spiro atoms. The van der Waals surface area contributed by atoms with Gasteiger partial charge < -0.3 is 4.90 Å². The summed E-state index contributed by atoms with van der Waals surface area (Å²) in [6.45, 7) is 7.79. The summed E-state index contributed by atoms with van der Waals surface area (Å²) in [5, 5.41) is 4.79. The molecule has 0 atom stereocenters. The van der Waals surface area contributed by atoms with Crippen molar-refractivity contribution in [1.29, 1.82) is 0 Å². The molecule has 7 heteroatoms. The Morgan fingerprint density at radius 3 is 2.50 bits per heavy atom. The van der Waals surface area contributed by atoms with E-state index >= 15 is 0 Å². The molecule has 1 aliphatic rings. The van der Waals surface area contributed by atoms with Gasteiger partial charge in [0.15, 0.2) is 5.65 Å². The zero-order valence-electron chi connectivity index (χ0n) is 16.6. The average Bonchev–Trinajstić information content (AvgIpc) is 3.08. The predicted octanol–water partition coefficient (Wildman–Crippen LogP) is 2.46. The molecule has 1 amide bonds. The first kappa shape index (κ1) is 18.4. The summed E-state index contributed by atoms with van der Waals surface area (Å²) in [6.07, 6.45) is 5.02. The minimum absolute atomic E-state index is 0.0187. The van der Waals surface area contributed by atoms with Crippen LogP contribution in [0, 0.1) is 19.8 Å². The van der Waals surface area contributed by atoms with E-state index in [0.717, 1.165) is 42.7 Å². The van der Waals surface area contributed by atoms with Gasteiger partial charge >= 0.3 is 0 Å². The minimum Gasteiger partial charge on any atom is -0.341 e. The number of aromatic nitrogens is 4. The lowest BCUT2D eigenvalue weighted by Crippen LogP contribution is -2.41. The lowest BCUT2D eigenvalue weighted by atomic mass is 9.99. The van der Waals surface area contributed by atoms with E-state index in [4.69, 9.17) is 0 Å². The molecule has 3 heterocycles. The van der Waals surface area contributed by atoms with E-state index in [1.165, 1.54) is 17.1 Å². The first-order valence-corrected chi connectivity index (χ1v) is 9.72. The smallest absolute Gasteiger partial charge is 0.264 e. The van der Waals surface area contributed by atoms with Crippen LogP contribution in [-0.2, 0) is 11.3 Å². The van der Waals surface area contributed by atoms with Gasteiger partial charge in [-0.1, -0.05) is 13.0 Å². The Labute approximate surface area is 163 Å². The number of piperidine rings is 1. The molecule has 4 rings (SSSR count). The van der Waals surface area contributed by atoms with Crippen molar-refractivity contribution in [3.63, 3.8) is 0 Å². The molecule has 0 radical (unpaired) electrons. The molecule has 1 aliphatic heterocycles. The van der Waals surface area contributed by atoms with Gasteiger partial charge in [-0.15, -0.1) is 0 Å².